The van der Waals surface area contributed by atoms with Gasteiger partial charge >= 0.3 is 0 Å². The third kappa shape index (κ3) is 6.34. The summed E-state index contributed by atoms with van der Waals surface area (Å²) in [7, 11) is -3.96. The van der Waals surface area contributed by atoms with Gasteiger partial charge in [-0.2, -0.15) is 0 Å². The highest BCUT2D eigenvalue weighted by Crippen LogP contribution is 2.29. The maximum atomic E-state index is 13.3. The van der Waals surface area contributed by atoms with Crippen molar-refractivity contribution in [1.82, 2.24) is 10.2 Å². The van der Waals surface area contributed by atoms with E-state index in [0.717, 1.165) is 19.2 Å². The van der Waals surface area contributed by atoms with E-state index in [1.54, 1.807) is 42.5 Å². The highest BCUT2D eigenvalue weighted by molar-refractivity contribution is 14.1. The van der Waals surface area contributed by atoms with E-state index in [9.17, 15) is 13.2 Å². The maximum Gasteiger partial charge on any atom is 0.264 e. The van der Waals surface area contributed by atoms with Gasteiger partial charge in [-0.05, 0) is 64.6 Å². The first-order valence-corrected chi connectivity index (χ1v) is 14.4. The molecule has 7 nitrogen and oxygen atoms in total. The molecule has 0 radical (unpaired) electrons. The number of carbonyl (C=O) groups is 1. The van der Waals surface area contributed by atoms with Crippen molar-refractivity contribution in [3.63, 3.8) is 0 Å². The van der Waals surface area contributed by atoms with Crippen LogP contribution in [0.4, 0.5) is 10.8 Å². The van der Waals surface area contributed by atoms with Crippen LogP contribution < -0.4 is 9.62 Å². The third-order valence-corrected chi connectivity index (χ3v) is 9.14. The molecular formula is C23H19IN4O3S3. The van der Waals surface area contributed by atoms with Crippen molar-refractivity contribution in [2.45, 2.75) is 15.0 Å². The van der Waals surface area contributed by atoms with Crippen LogP contribution in [0.25, 0.3) is 0 Å². The summed E-state index contributed by atoms with van der Waals surface area (Å²) in [5.74, 6) is 0.230. The van der Waals surface area contributed by atoms with Crippen molar-refractivity contribution in [2.75, 3.05) is 16.2 Å². The molecule has 1 N–H and O–H groups in total. The molecule has 0 saturated carbocycles. The average molecular weight is 623 g/mol. The number of hydrogen-bond donors (Lipinski definition) is 1. The molecule has 0 spiro atoms. The molecule has 0 aliphatic rings. The highest BCUT2D eigenvalue weighted by Gasteiger charge is 2.27. The predicted octanol–water partition coefficient (Wildman–Crippen LogP) is 5.27. The number of halogens is 1. The quantitative estimate of drug-likeness (QED) is 0.156. The van der Waals surface area contributed by atoms with Crippen LogP contribution in [0.2, 0.25) is 0 Å². The Morgan fingerprint density at radius 2 is 1.59 bits per heavy atom. The van der Waals surface area contributed by atoms with Gasteiger partial charge in [-0.25, -0.2) is 8.42 Å². The van der Waals surface area contributed by atoms with Gasteiger partial charge in [0, 0.05) is 9.32 Å². The molecule has 34 heavy (non-hydrogen) atoms. The van der Waals surface area contributed by atoms with E-state index in [-0.39, 0.29) is 4.90 Å². The lowest BCUT2D eigenvalue weighted by molar-refractivity contribution is -0.114. The molecule has 0 bridgehead atoms. The summed E-state index contributed by atoms with van der Waals surface area (Å²) < 4.78 is 29.5. The molecule has 0 atom stereocenters. The molecule has 1 heterocycles. The zero-order valence-corrected chi connectivity index (χ0v) is 22.3. The Morgan fingerprint density at radius 1 is 0.941 bits per heavy atom. The highest BCUT2D eigenvalue weighted by atomic mass is 127. The normalized spacial score (nSPS) is 11.2. The van der Waals surface area contributed by atoms with Crippen molar-refractivity contribution in [3.8, 4) is 0 Å². The first kappa shape index (κ1) is 24.6. The number of carbonyl (C=O) groups excluding carboxylic acids is 1. The summed E-state index contributed by atoms with van der Waals surface area (Å²) >= 11 is 4.91. The number of sulfonamides is 1. The zero-order valence-electron chi connectivity index (χ0n) is 17.7. The fourth-order valence-electron chi connectivity index (χ4n) is 2.97. The number of hydrogen-bond acceptors (Lipinski definition) is 7. The van der Waals surface area contributed by atoms with Crippen LogP contribution in [-0.2, 0) is 20.6 Å². The lowest BCUT2D eigenvalue weighted by Gasteiger charge is -2.24. The molecular weight excluding hydrogens is 603 g/mol. The molecule has 1 aromatic heterocycles. The number of amides is 1. The Hall–Kier alpha value is -2.48. The van der Waals surface area contributed by atoms with Gasteiger partial charge in [0.1, 0.15) is 6.54 Å². The van der Waals surface area contributed by atoms with Gasteiger partial charge in [0.15, 0.2) is 4.34 Å². The molecule has 174 valence electrons. The minimum absolute atomic E-state index is 0.108. The average Bonchev–Trinajstić information content (AvgIpc) is 3.30. The molecule has 11 heteroatoms. The number of benzene rings is 3. The maximum absolute atomic E-state index is 13.3. The topological polar surface area (TPSA) is 92.3 Å². The van der Waals surface area contributed by atoms with E-state index in [0.29, 0.717) is 15.2 Å². The lowest BCUT2D eigenvalue weighted by Crippen LogP contribution is -2.38. The summed E-state index contributed by atoms with van der Waals surface area (Å²) in [6.45, 7) is -0.399. The van der Waals surface area contributed by atoms with Gasteiger partial charge in [0.25, 0.3) is 10.0 Å². The second-order valence-electron chi connectivity index (χ2n) is 7.00. The molecule has 1 amide bonds. The summed E-state index contributed by atoms with van der Waals surface area (Å²) in [6, 6.07) is 25.0. The Labute approximate surface area is 219 Å². The van der Waals surface area contributed by atoms with E-state index in [2.05, 4.69) is 38.1 Å². The Balaban J connectivity index is 1.48. The molecule has 0 aliphatic carbocycles. The Bertz CT molecular complexity index is 1350. The predicted molar refractivity (Wildman–Crippen MR) is 145 cm³/mol. The van der Waals surface area contributed by atoms with Crippen molar-refractivity contribution in [2.24, 2.45) is 0 Å². The number of nitrogens with zero attached hydrogens (tertiary/aromatic N) is 3. The minimum Gasteiger partial charge on any atom is -0.299 e. The van der Waals surface area contributed by atoms with Crippen LogP contribution in [0.3, 0.4) is 0 Å². The van der Waals surface area contributed by atoms with E-state index >= 15 is 0 Å². The van der Waals surface area contributed by atoms with E-state index in [1.165, 1.54) is 35.2 Å². The second-order valence-corrected chi connectivity index (χ2v) is 12.3. The number of anilines is 2. The summed E-state index contributed by atoms with van der Waals surface area (Å²) in [6.07, 6.45) is 0. The summed E-state index contributed by atoms with van der Waals surface area (Å²) in [4.78, 5) is 13.0. The molecule has 0 aliphatic heterocycles. The summed E-state index contributed by atoms with van der Waals surface area (Å²) in [5.41, 5.74) is 1.56. The van der Waals surface area contributed by atoms with Crippen LogP contribution in [0, 0.1) is 3.57 Å². The van der Waals surface area contributed by atoms with Crippen LogP contribution in [-0.4, -0.2) is 31.1 Å². The van der Waals surface area contributed by atoms with Crippen molar-refractivity contribution < 1.29 is 13.2 Å². The molecule has 0 saturated heterocycles. The third-order valence-electron chi connectivity index (χ3n) is 4.59. The van der Waals surface area contributed by atoms with Gasteiger partial charge in [0.2, 0.25) is 11.0 Å². The zero-order chi connectivity index (χ0) is 24.0. The van der Waals surface area contributed by atoms with Gasteiger partial charge in [-0.1, -0.05) is 71.6 Å². The van der Waals surface area contributed by atoms with E-state index < -0.39 is 22.5 Å². The molecule has 4 rings (SSSR count). The summed E-state index contributed by atoms with van der Waals surface area (Å²) in [5, 5.41) is 11.1. The lowest BCUT2D eigenvalue weighted by atomic mass is 10.2. The van der Waals surface area contributed by atoms with Crippen LogP contribution in [0.1, 0.15) is 5.56 Å². The SMILES string of the molecule is O=C(CN(c1ccc(I)cc1)S(=O)(=O)c1ccccc1)Nc1nnc(SCc2ccccc2)s1. The first-order chi connectivity index (χ1) is 16.4. The van der Waals surface area contributed by atoms with Gasteiger partial charge in [-0.3, -0.25) is 14.4 Å². The van der Waals surface area contributed by atoms with Gasteiger partial charge < -0.3 is 0 Å². The van der Waals surface area contributed by atoms with Crippen molar-refractivity contribution in [1.29, 1.82) is 0 Å². The second kappa shape index (κ2) is 11.3. The van der Waals surface area contributed by atoms with Crippen LogP contribution in [0.5, 0.6) is 0 Å². The van der Waals surface area contributed by atoms with E-state index in [4.69, 9.17) is 0 Å². The van der Waals surface area contributed by atoms with Gasteiger partial charge in [-0.15, -0.1) is 10.2 Å². The monoisotopic (exact) mass is 622 g/mol. The molecule has 3 aromatic carbocycles. The standard InChI is InChI=1S/C23H19IN4O3S3/c24-18-11-13-19(14-12-18)28(34(30,31)20-9-5-2-6-10-20)15-21(29)25-22-26-27-23(33-22)32-16-17-7-3-1-4-8-17/h1-14H,15-16H2,(H,25,26,29). The molecule has 0 unspecified atom stereocenters. The fraction of sp³-hybridized carbons (Fsp3) is 0.0870. The Kier molecular flexibility index (Phi) is 8.19. The largest absolute Gasteiger partial charge is 0.299 e. The first-order valence-electron chi connectivity index (χ1n) is 10.1. The van der Waals surface area contributed by atoms with Crippen LogP contribution >= 0.6 is 45.7 Å². The van der Waals surface area contributed by atoms with Gasteiger partial charge in [0.05, 0.1) is 10.6 Å². The number of nitrogens with one attached hydrogen (secondary N) is 1. The number of thioether (sulfide) groups is 1. The minimum atomic E-state index is -3.96. The van der Waals surface area contributed by atoms with Crippen molar-refractivity contribution in [3.05, 3.63) is 94.1 Å². The Morgan fingerprint density at radius 3 is 2.26 bits per heavy atom. The van der Waals surface area contributed by atoms with Crippen LogP contribution in [0.15, 0.2) is 94.2 Å². The fourth-order valence-corrected chi connectivity index (χ4v) is 6.49. The number of aromatic nitrogens is 2. The molecule has 0 fully saturated rings. The van der Waals surface area contributed by atoms with Crippen molar-refractivity contribution >= 4 is 72.4 Å². The van der Waals surface area contributed by atoms with E-state index in [1.807, 2.05) is 30.3 Å². The number of rotatable bonds is 9. The smallest absolute Gasteiger partial charge is 0.264 e. The molecule has 4 aromatic rings.